The maximum atomic E-state index is 9.70. The SMILES string of the molecule is CSc1cccc(N2CCC(C(C)O)CC2)c1C(N)=S. The summed E-state index contributed by atoms with van der Waals surface area (Å²) in [6.45, 7) is 3.78. The standard InChI is InChI=1S/C15H22N2OS2/c1-10(18)11-6-8-17(9-7-11)12-4-3-5-13(20-2)14(12)15(16)19/h3-5,10-11,18H,6-9H2,1-2H3,(H2,16,19). The predicted molar refractivity (Wildman–Crippen MR) is 90.7 cm³/mol. The molecule has 5 heteroatoms. The summed E-state index contributed by atoms with van der Waals surface area (Å²) in [5.41, 5.74) is 8.05. The minimum Gasteiger partial charge on any atom is -0.393 e. The average molecular weight is 310 g/mol. The first kappa shape index (κ1) is 15.6. The Hall–Kier alpha value is -0.780. The second kappa shape index (κ2) is 6.78. The van der Waals surface area contributed by atoms with Crippen molar-refractivity contribution in [3.63, 3.8) is 0 Å². The fraction of sp³-hybridized carbons (Fsp3) is 0.533. The van der Waals surface area contributed by atoms with Gasteiger partial charge < -0.3 is 15.7 Å². The van der Waals surface area contributed by atoms with Crippen molar-refractivity contribution < 1.29 is 5.11 Å². The fourth-order valence-corrected chi connectivity index (χ4v) is 3.74. The largest absolute Gasteiger partial charge is 0.393 e. The summed E-state index contributed by atoms with van der Waals surface area (Å²) in [7, 11) is 0. The second-order valence-electron chi connectivity index (χ2n) is 5.28. The monoisotopic (exact) mass is 310 g/mol. The number of piperidine rings is 1. The molecule has 0 bridgehead atoms. The molecule has 3 nitrogen and oxygen atoms in total. The van der Waals surface area contributed by atoms with Crippen LogP contribution in [0, 0.1) is 5.92 Å². The van der Waals surface area contributed by atoms with Gasteiger partial charge in [0.1, 0.15) is 4.99 Å². The molecule has 1 saturated heterocycles. The molecule has 3 N–H and O–H groups in total. The van der Waals surface area contributed by atoms with Gasteiger partial charge in [-0.3, -0.25) is 0 Å². The molecule has 0 aliphatic carbocycles. The van der Waals surface area contributed by atoms with Crippen LogP contribution in [0.2, 0.25) is 0 Å². The van der Waals surface area contributed by atoms with Crippen molar-refractivity contribution in [3.8, 4) is 0 Å². The molecule has 0 saturated carbocycles. The van der Waals surface area contributed by atoms with Gasteiger partial charge >= 0.3 is 0 Å². The van der Waals surface area contributed by atoms with E-state index in [1.807, 2.05) is 13.2 Å². The van der Waals surface area contributed by atoms with Gasteiger partial charge in [0.15, 0.2) is 0 Å². The Morgan fingerprint density at radius 1 is 1.45 bits per heavy atom. The highest BCUT2D eigenvalue weighted by atomic mass is 32.2. The highest BCUT2D eigenvalue weighted by Crippen LogP contribution is 2.32. The van der Waals surface area contributed by atoms with Crippen LogP contribution in [-0.4, -0.2) is 35.5 Å². The number of nitrogens with zero attached hydrogens (tertiary/aromatic N) is 1. The molecule has 1 heterocycles. The lowest BCUT2D eigenvalue weighted by Gasteiger charge is -2.36. The number of thiocarbonyl (C=S) groups is 1. The van der Waals surface area contributed by atoms with E-state index in [9.17, 15) is 5.11 Å². The van der Waals surface area contributed by atoms with Crippen LogP contribution in [0.4, 0.5) is 5.69 Å². The molecule has 1 aromatic rings. The van der Waals surface area contributed by atoms with Gasteiger partial charge in [-0.1, -0.05) is 18.3 Å². The zero-order valence-corrected chi connectivity index (χ0v) is 13.6. The quantitative estimate of drug-likeness (QED) is 0.661. The molecular formula is C15H22N2OS2. The third-order valence-electron chi connectivity index (χ3n) is 4.03. The number of nitrogens with two attached hydrogens (primary N) is 1. The molecule has 0 spiro atoms. The zero-order chi connectivity index (χ0) is 14.7. The van der Waals surface area contributed by atoms with Gasteiger partial charge in [0.25, 0.3) is 0 Å². The third-order valence-corrected chi connectivity index (χ3v) is 5.02. The van der Waals surface area contributed by atoms with Crippen molar-refractivity contribution in [2.24, 2.45) is 11.7 Å². The fourth-order valence-electron chi connectivity index (χ4n) is 2.82. The maximum Gasteiger partial charge on any atom is 0.107 e. The van der Waals surface area contributed by atoms with E-state index in [-0.39, 0.29) is 6.10 Å². The number of hydrogen-bond acceptors (Lipinski definition) is 4. The molecule has 1 aliphatic rings. The Labute approximate surface area is 130 Å². The van der Waals surface area contributed by atoms with Crippen LogP contribution in [0.15, 0.2) is 23.1 Å². The van der Waals surface area contributed by atoms with Crippen LogP contribution in [0.5, 0.6) is 0 Å². The van der Waals surface area contributed by atoms with Crippen molar-refractivity contribution in [2.45, 2.75) is 30.8 Å². The summed E-state index contributed by atoms with van der Waals surface area (Å²) >= 11 is 6.91. The minimum atomic E-state index is -0.218. The molecule has 110 valence electrons. The average Bonchev–Trinajstić information content (AvgIpc) is 2.46. The molecule has 20 heavy (non-hydrogen) atoms. The van der Waals surface area contributed by atoms with Gasteiger partial charge in [0.05, 0.1) is 6.10 Å². The van der Waals surface area contributed by atoms with Gasteiger partial charge in [0, 0.05) is 29.2 Å². The first-order valence-electron chi connectivity index (χ1n) is 6.94. The molecule has 1 fully saturated rings. The number of rotatable bonds is 4. The van der Waals surface area contributed by atoms with Crippen LogP contribution < -0.4 is 10.6 Å². The third kappa shape index (κ3) is 3.27. The number of hydrogen-bond donors (Lipinski definition) is 2. The Morgan fingerprint density at radius 2 is 2.10 bits per heavy atom. The lowest BCUT2D eigenvalue weighted by Crippen LogP contribution is -2.38. The van der Waals surface area contributed by atoms with Gasteiger partial charge in [-0.2, -0.15) is 0 Å². The minimum absolute atomic E-state index is 0.218. The van der Waals surface area contributed by atoms with E-state index in [1.54, 1.807) is 11.8 Å². The molecule has 0 aromatic heterocycles. The molecule has 0 amide bonds. The summed E-state index contributed by atoms with van der Waals surface area (Å²) < 4.78 is 0. The molecule has 0 radical (unpaired) electrons. The molecule has 2 rings (SSSR count). The van der Waals surface area contributed by atoms with E-state index in [0.717, 1.165) is 42.1 Å². The van der Waals surface area contributed by atoms with Crippen molar-refractivity contribution in [2.75, 3.05) is 24.2 Å². The van der Waals surface area contributed by atoms with E-state index >= 15 is 0 Å². The van der Waals surface area contributed by atoms with Gasteiger partial charge in [-0.15, -0.1) is 11.8 Å². The molecule has 1 aromatic carbocycles. The molecule has 1 unspecified atom stereocenters. The van der Waals surface area contributed by atoms with Crippen molar-refractivity contribution in [1.82, 2.24) is 0 Å². The van der Waals surface area contributed by atoms with Gasteiger partial charge in [-0.25, -0.2) is 0 Å². The highest BCUT2D eigenvalue weighted by molar-refractivity contribution is 7.98. The maximum absolute atomic E-state index is 9.70. The summed E-state index contributed by atoms with van der Waals surface area (Å²) in [5, 5.41) is 9.70. The first-order valence-corrected chi connectivity index (χ1v) is 8.57. The Balaban J connectivity index is 2.24. The van der Waals surface area contributed by atoms with Gasteiger partial charge in [-0.05, 0) is 44.1 Å². The van der Waals surface area contributed by atoms with Crippen LogP contribution >= 0.6 is 24.0 Å². The summed E-state index contributed by atoms with van der Waals surface area (Å²) in [6.07, 6.45) is 3.85. The zero-order valence-electron chi connectivity index (χ0n) is 12.0. The molecule has 1 atom stereocenters. The smallest absolute Gasteiger partial charge is 0.107 e. The van der Waals surface area contributed by atoms with Gasteiger partial charge in [0.2, 0.25) is 0 Å². The van der Waals surface area contributed by atoms with Crippen molar-refractivity contribution in [1.29, 1.82) is 0 Å². The highest BCUT2D eigenvalue weighted by Gasteiger charge is 2.25. The molecular weight excluding hydrogens is 288 g/mol. The first-order chi connectivity index (χ1) is 9.54. The Kier molecular flexibility index (Phi) is 5.29. The van der Waals surface area contributed by atoms with E-state index in [0.29, 0.717) is 10.9 Å². The van der Waals surface area contributed by atoms with Crippen molar-refractivity contribution in [3.05, 3.63) is 23.8 Å². The van der Waals surface area contributed by atoms with E-state index in [1.165, 1.54) is 0 Å². The van der Waals surface area contributed by atoms with Crippen LogP contribution in [0.3, 0.4) is 0 Å². The lowest BCUT2D eigenvalue weighted by molar-refractivity contribution is 0.110. The summed E-state index contributed by atoms with van der Waals surface area (Å²) in [4.78, 5) is 3.93. The molecule has 1 aliphatic heterocycles. The number of aliphatic hydroxyl groups excluding tert-OH is 1. The van der Waals surface area contributed by atoms with Crippen molar-refractivity contribution >= 4 is 34.7 Å². The topological polar surface area (TPSA) is 49.5 Å². The Morgan fingerprint density at radius 3 is 2.60 bits per heavy atom. The van der Waals surface area contributed by atoms with Crippen LogP contribution in [0.25, 0.3) is 0 Å². The summed E-state index contributed by atoms with van der Waals surface area (Å²) in [6, 6.07) is 6.21. The number of anilines is 1. The predicted octanol–water partition coefficient (Wildman–Crippen LogP) is 2.64. The lowest BCUT2D eigenvalue weighted by atomic mass is 9.91. The van der Waals surface area contributed by atoms with E-state index in [4.69, 9.17) is 18.0 Å². The Bertz CT molecular complexity index is 483. The normalized spacial score (nSPS) is 18.1. The van der Waals surface area contributed by atoms with Crippen LogP contribution in [0.1, 0.15) is 25.3 Å². The number of aliphatic hydroxyl groups is 1. The second-order valence-corrected chi connectivity index (χ2v) is 6.57. The number of benzene rings is 1. The number of thioether (sulfide) groups is 1. The summed E-state index contributed by atoms with van der Waals surface area (Å²) in [5.74, 6) is 0.406. The van der Waals surface area contributed by atoms with E-state index in [2.05, 4.69) is 23.1 Å². The van der Waals surface area contributed by atoms with Crippen LogP contribution in [-0.2, 0) is 0 Å². The van der Waals surface area contributed by atoms with E-state index < -0.39 is 0 Å².